The van der Waals surface area contributed by atoms with E-state index in [9.17, 15) is 9.59 Å². The third-order valence-electron chi connectivity index (χ3n) is 5.44. The molecule has 0 fully saturated rings. The Morgan fingerprint density at radius 1 is 1.03 bits per heavy atom. The van der Waals surface area contributed by atoms with Crippen molar-refractivity contribution >= 4 is 22.7 Å². The number of hydrogen-bond donors (Lipinski definition) is 1. The van der Waals surface area contributed by atoms with E-state index in [1.54, 1.807) is 12.1 Å². The number of benzene rings is 2. The molecule has 2 aromatic heterocycles. The largest absolute Gasteiger partial charge is 0.449 e. The molecule has 0 spiro atoms. The first-order valence-corrected chi connectivity index (χ1v) is 11.3. The second kappa shape index (κ2) is 10.8. The van der Waals surface area contributed by atoms with Crippen LogP contribution in [0.2, 0.25) is 0 Å². The van der Waals surface area contributed by atoms with Crippen LogP contribution in [0.4, 0.5) is 10.5 Å². The first-order chi connectivity index (χ1) is 16.5. The van der Waals surface area contributed by atoms with Crippen molar-refractivity contribution in [2.45, 2.75) is 19.4 Å². The van der Waals surface area contributed by atoms with E-state index in [0.29, 0.717) is 18.1 Å². The Morgan fingerprint density at radius 2 is 1.88 bits per heavy atom. The lowest BCUT2D eigenvalue weighted by molar-refractivity contribution is 0.158. The van der Waals surface area contributed by atoms with Crippen molar-refractivity contribution in [3.63, 3.8) is 0 Å². The summed E-state index contributed by atoms with van der Waals surface area (Å²) in [5, 5.41) is 8.43. The lowest BCUT2D eigenvalue weighted by Gasteiger charge is -2.11. The number of carbonyl (C=O) groups is 1. The molecule has 0 saturated heterocycles. The van der Waals surface area contributed by atoms with E-state index in [1.165, 1.54) is 10.7 Å². The molecule has 4 aromatic rings. The number of aromatic nitrogens is 3. The summed E-state index contributed by atoms with van der Waals surface area (Å²) in [6.45, 7) is 1.61. The van der Waals surface area contributed by atoms with Crippen molar-refractivity contribution in [1.82, 2.24) is 19.2 Å². The molecule has 176 valence electrons. The Bertz CT molecular complexity index is 1330. The van der Waals surface area contributed by atoms with Gasteiger partial charge < -0.3 is 9.64 Å². The SMILES string of the molecule is CN(C)CCCCOC(=O)Nc1cccc(Cn2nc(-n3ccc4ccccc43)ccc2=O)c1. The maximum absolute atomic E-state index is 12.5. The van der Waals surface area contributed by atoms with Crippen molar-refractivity contribution in [2.24, 2.45) is 0 Å². The zero-order chi connectivity index (χ0) is 23.9. The molecule has 0 atom stereocenters. The molecule has 2 heterocycles. The quantitative estimate of drug-likeness (QED) is 0.381. The second-order valence-corrected chi connectivity index (χ2v) is 8.40. The summed E-state index contributed by atoms with van der Waals surface area (Å²) in [5.74, 6) is 0.660. The van der Waals surface area contributed by atoms with Crippen molar-refractivity contribution in [2.75, 3.05) is 32.6 Å². The molecule has 0 saturated carbocycles. The highest BCUT2D eigenvalue weighted by molar-refractivity contribution is 5.84. The fourth-order valence-corrected chi connectivity index (χ4v) is 3.73. The van der Waals surface area contributed by atoms with Crippen LogP contribution in [0, 0.1) is 0 Å². The molecular weight excluding hydrogens is 430 g/mol. The van der Waals surface area contributed by atoms with Gasteiger partial charge in [0, 0.05) is 18.0 Å². The van der Waals surface area contributed by atoms with E-state index in [2.05, 4.69) is 15.3 Å². The summed E-state index contributed by atoms with van der Waals surface area (Å²) in [4.78, 5) is 26.7. The number of unbranched alkanes of at least 4 members (excludes halogenated alkanes) is 1. The van der Waals surface area contributed by atoms with Gasteiger partial charge in [0.2, 0.25) is 0 Å². The second-order valence-electron chi connectivity index (χ2n) is 8.40. The van der Waals surface area contributed by atoms with Crippen LogP contribution in [0.5, 0.6) is 0 Å². The monoisotopic (exact) mass is 459 g/mol. The average Bonchev–Trinajstić information content (AvgIpc) is 3.24. The third-order valence-corrected chi connectivity index (χ3v) is 5.44. The van der Waals surface area contributed by atoms with Gasteiger partial charge in [0.05, 0.1) is 18.7 Å². The molecule has 1 amide bonds. The zero-order valence-electron chi connectivity index (χ0n) is 19.5. The number of nitrogens with one attached hydrogen (secondary N) is 1. The lowest BCUT2D eigenvalue weighted by atomic mass is 10.2. The van der Waals surface area contributed by atoms with Crippen LogP contribution in [-0.2, 0) is 11.3 Å². The molecule has 0 bridgehead atoms. The summed E-state index contributed by atoms with van der Waals surface area (Å²) in [6.07, 6.45) is 3.24. The molecule has 0 aliphatic rings. The van der Waals surface area contributed by atoms with Crippen LogP contribution < -0.4 is 10.9 Å². The highest BCUT2D eigenvalue weighted by Gasteiger charge is 2.08. The number of para-hydroxylation sites is 1. The van der Waals surface area contributed by atoms with E-state index in [-0.39, 0.29) is 12.1 Å². The Kier molecular flexibility index (Phi) is 7.39. The predicted molar refractivity (Wildman–Crippen MR) is 134 cm³/mol. The predicted octanol–water partition coefficient (Wildman–Crippen LogP) is 4.13. The molecular formula is C26H29N5O3. The average molecular weight is 460 g/mol. The van der Waals surface area contributed by atoms with Crippen LogP contribution in [0.1, 0.15) is 18.4 Å². The van der Waals surface area contributed by atoms with Gasteiger partial charge in [0.1, 0.15) is 0 Å². The lowest BCUT2D eigenvalue weighted by Crippen LogP contribution is -2.24. The molecule has 8 nitrogen and oxygen atoms in total. The van der Waals surface area contributed by atoms with Gasteiger partial charge in [-0.15, -0.1) is 0 Å². The molecule has 0 aliphatic heterocycles. The Morgan fingerprint density at radius 3 is 2.74 bits per heavy atom. The highest BCUT2D eigenvalue weighted by Crippen LogP contribution is 2.18. The van der Waals surface area contributed by atoms with Crippen LogP contribution in [0.3, 0.4) is 0 Å². The van der Waals surface area contributed by atoms with Crippen molar-refractivity contribution in [3.05, 3.63) is 88.8 Å². The standard InChI is InChI=1S/C26H29N5O3/c1-29(2)15-5-6-17-34-26(33)27-22-10-7-8-20(18-22)19-31-25(32)13-12-24(28-31)30-16-14-21-9-3-4-11-23(21)30/h3-4,7-14,16,18H,5-6,15,17,19H2,1-2H3,(H,27,33). The molecule has 1 N–H and O–H groups in total. The number of rotatable bonds is 9. The summed E-state index contributed by atoms with van der Waals surface area (Å²) < 4.78 is 8.64. The fourth-order valence-electron chi connectivity index (χ4n) is 3.73. The van der Waals surface area contributed by atoms with Gasteiger partial charge in [-0.05, 0) is 74.8 Å². The number of anilines is 1. The van der Waals surface area contributed by atoms with Crippen LogP contribution >= 0.6 is 0 Å². The summed E-state index contributed by atoms with van der Waals surface area (Å²) in [6, 6.07) is 20.6. The molecule has 4 rings (SSSR count). The van der Waals surface area contributed by atoms with Gasteiger partial charge in [-0.1, -0.05) is 30.3 Å². The molecule has 8 heteroatoms. The van der Waals surface area contributed by atoms with E-state index in [4.69, 9.17) is 4.74 Å². The summed E-state index contributed by atoms with van der Waals surface area (Å²) in [5.41, 5.74) is 2.27. The van der Waals surface area contributed by atoms with Crippen LogP contribution in [0.25, 0.3) is 16.7 Å². The van der Waals surface area contributed by atoms with E-state index >= 15 is 0 Å². The van der Waals surface area contributed by atoms with Gasteiger partial charge in [-0.2, -0.15) is 5.10 Å². The molecule has 0 radical (unpaired) electrons. The van der Waals surface area contributed by atoms with Crippen LogP contribution in [0.15, 0.2) is 77.7 Å². The van der Waals surface area contributed by atoms with Gasteiger partial charge in [0.25, 0.3) is 5.56 Å². The topological polar surface area (TPSA) is 81.4 Å². The van der Waals surface area contributed by atoms with Crippen molar-refractivity contribution in [1.29, 1.82) is 0 Å². The summed E-state index contributed by atoms with van der Waals surface area (Å²) >= 11 is 0. The molecule has 2 aromatic carbocycles. The van der Waals surface area contributed by atoms with Gasteiger partial charge in [-0.3, -0.25) is 14.7 Å². The zero-order valence-corrected chi connectivity index (χ0v) is 19.5. The van der Waals surface area contributed by atoms with Gasteiger partial charge >= 0.3 is 6.09 Å². The minimum atomic E-state index is -0.487. The van der Waals surface area contributed by atoms with Crippen LogP contribution in [-0.4, -0.2) is 52.6 Å². The first kappa shape index (κ1) is 23.3. The molecule has 0 unspecified atom stereocenters. The maximum Gasteiger partial charge on any atom is 0.411 e. The number of nitrogens with zero attached hydrogens (tertiary/aromatic N) is 4. The Labute approximate surface area is 198 Å². The first-order valence-electron chi connectivity index (χ1n) is 11.3. The minimum Gasteiger partial charge on any atom is -0.449 e. The number of fused-ring (bicyclic) bond motifs is 1. The smallest absolute Gasteiger partial charge is 0.411 e. The number of ether oxygens (including phenoxy) is 1. The Balaban J connectivity index is 1.42. The van der Waals surface area contributed by atoms with E-state index in [0.717, 1.165) is 35.9 Å². The highest BCUT2D eigenvalue weighted by atomic mass is 16.5. The Hall–Kier alpha value is -3.91. The number of hydrogen-bond acceptors (Lipinski definition) is 5. The molecule has 34 heavy (non-hydrogen) atoms. The van der Waals surface area contributed by atoms with E-state index < -0.39 is 6.09 Å². The van der Waals surface area contributed by atoms with Gasteiger partial charge in [-0.25, -0.2) is 9.48 Å². The summed E-state index contributed by atoms with van der Waals surface area (Å²) in [7, 11) is 4.03. The number of amides is 1. The molecule has 0 aliphatic carbocycles. The van der Waals surface area contributed by atoms with Gasteiger partial charge in [0.15, 0.2) is 5.82 Å². The van der Waals surface area contributed by atoms with Crippen molar-refractivity contribution < 1.29 is 9.53 Å². The fraction of sp³-hybridized carbons (Fsp3) is 0.269. The van der Waals surface area contributed by atoms with Crippen molar-refractivity contribution in [3.8, 4) is 5.82 Å². The number of carbonyl (C=O) groups excluding carboxylic acids is 1. The van der Waals surface area contributed by atoms with E-state index in [1.807, 2.05) is 73.4 Å². The third kappa shape index (κ3) is 5.90. The normalized spacial score (nSPS) is 11.1. The minimum absolute atomic E-state index is 0.198. The maximum atomic E-state index is 12.5.